The van der Waals surface area contributed by atoms with Gasteiger partial charge in [0.25, 0.3) is 0 Å². The van der Waals surface area contributed by atoms with Crippen molar-refractivity contribution in [1.29, 1.82) is 0 Å². The van der Waals surface area contributed by atoms with Crippen LogP contribution in [0.2, 0.25) is 0 Å². The average Bonchev–Trinajstić information content (AvgIpc) is 2.97. The molecule has 0 saturated carbocycles. The lowest BCUT2D eigenvalue weighted by atomic mass is 9.82. The molecule has 2 aliphatic heterocycles. The van der Waals surface area contributed by atoms with Crippen LogP contribution in [0.4, 0.5) is 0 Å². The minimum Gasteiger partial charge on any atom is -0.387 e. The second-order valence-corrected chi connectivity index (χ2v) is 8.04. The van der Waals surface area contributed by atoms with E-state index in [0.29, 0.717) is 6.61 Å². The third kappa shape index (κ3) is 2.76. The Bertz CT molecular complexity index is 434. The largest absolute Gasteiger partial charge is 0.387 e. The number of hydrogen-bond donors (Lipinski definition) is 1. The van der Waals surface area contributed by atoms with E-state index in [9.17, 15) is 5.11 Å². The molecule has 0 bridgehead atoms. The van der Waals surface area contributed by atoms with E-state index in [0.717, 1.165) is 41.1 Å². The lowest BCUT2D eigenvalue weighted by Crippen LogP contribution is -2.41. The summed E-state index contributed by atoms with van der Waals surface area (Å²) < 4.78 is 12.5. The topological polar surface area (TPSA) is 38.7 Å². The van der Waals surface area contributed by atoms with Crippen LogP contribution in [-0.4, -0.2) is 30.5 Å². The molecule has 19 heavy (non-hydrogen) atoms. The van der Waals surface area contributed by atoms with E-state index in [2.05, 4.69) is 28.9 Å². The molecule has 0 radical (unpaired) electrons. The summed E-state index contributed by atoms with van der Waals surface area (Å²) >= 11 is 5.17. The van der Waals surface area contributed by atoms with Gasteiger partial charge < -0.3 is 14.6 Å². The lowest BCUT2D eigenvalue weighted by Gasteiger charge is -2.38. The highest BCUT2D eigenvalue weighted by Gasteiger charge is 2.43. The molecule has 2 aliphatic rings. The number of thiophene rings is 1. The van der Waals surface area contributed by atoms with E-state index in [-0.39, 0.29) is 17.6 Å². The molecule has 3 nitrogen and oxygen atoms in total. The first kappa shape index (κ1) is 14.0. The van der Waals surface area contributed by atoms with Crippen molar-refractivity contribution in [1.82, 2.24) is 0 Å². The fourth-order valence-corrected chi connectivity index (χ4v) is 4.71. The lowest BCUT2D eigenvalue weighted by molar-refractivity contribution is -0.116. The zero-order valence-electron chi connectivity index (χ0n) is 11.0. The Kier molecular flexibility index (Phi) is 4.02. The number of aryl methyl sites for hydroxylation is 1. The first-order valence-corrected chi connectivity index (χ1v) is 8.36. The molecule has 1 spiro atoms. The predicted octanol–water partition coefficient (Wildman–Crippen LogP) is 3.44. The van der Waals surface area contributed by atoms with Crippen LogP contribution < -0.4 is 0 Å². The van der Waals surface area contributed by atoms with Crippen LogP contribution in [0, 0.1) is 12.8 Å². The molecule has 3 unspecified atom stereocenters. The van der Waals surface area contributed by atoms with Gasteiger partial charge in [0.2, 0.25) is 0 Å². The monoisotopic (exact) mass is 346 g/mol. The van der Waals surface area contributed by atoms with E-state index in [1.165, 1.54) is 5.56 Å². The molecule has 3 atom stereocenters. The van der Waals surface area contributed by atoms with Gasteiger partial charge in [-0.1, -0.05) is 0 Å². The Balaban J connectivity index is 1.74. The van der Waals surface area contributed by atoms with Gasteiger partial charge in [-0.15, -0.1) is 11.3 Å². The van der Waals surface area contributed by atoms with Gasteiger partial charge in [0.15, 0.2) is 0 Å². The van der Waals surface area contributed by atoms with Crippen molar-refractivity contribution in [3.8, 4) is 0 Å². The van der Waals surface area contributed by atoms with Crippen LogP contribution in [0.5, 0.6) is 0 Å². The molecule has 1 N–H and O–H groups in total. The van der Waals surface area contributed by atoms with Crippen molar-refractivity contribution in [2.45, 2.75) is 37.9 Å². The molecular weight excluding hydrogens is 328 g/mol. The minimum atomic E-state index is -0.378. The van der Waals surface area contributed by atoms with Crippen molar-refractivity contribution >= 4 is 27.3 Å². The average molecular weight is 347 g/mol. The third-order valence-electron chi connectivity index (χ3n) is 4.21. The smallest absolute Gasteiger partial charge is 0.0940 e. The van der Waals surface area contributed by atoms with E-state index in [4.69, 9.17) is 9.47 Å². The third-order valence-corrected chi connectivity index (χ3v) is 6.42. The molecule has 2 saturated heterocycles. The standard InChI is InChI=1S/C14H19BrO3S/c1-9-6-11(19-13(9)15)12(16)10-2-4-18-14(7-10)3-5-17-8-14/h6,10,12,16H,2-5,7-8H2,1H3. The van der Waals surface area contributed by atoms with Crippen LogP contribution in [-0.2, 0) is 9.47 Å². The quantitative estimate of drug-likeness (QED) is 0.891. The Morgan fingerprint density at radius 3 is 3.00 bits per heavy atom. The van der Waals surface area contributed by atoms with Gasteiger partial charge in [0, 0.05) is 24.5 Å². The van der Waals surface area contributed by atoms with Gasteiger partial charge in [-0.05, 0) is 53.2 Å². The second kappa shape index (κ2) is 5.45. The Labute approximate surface area is 126 Å². The summed E-state index contributed by atoms with van der Waals surface area (Å²) in [6.07, 6.45) is 2.42. The predicted molar refractivity (Wildman–Crippen MR) is 78.6 cm³/mol. The first-order valence-electron chi connectivity index (χ1n) is 6.75. The minimum absolute atomic E-state index is 0.132. The van der Waals surface area contributed by atoms with Crippen LogP contribution in [0.25, 0.3) is 0 Å². The summed E-state index contributed by atoms with van der Waals surface area (Å²) in [4.78, 5) is 1.06. The molecule has 106 valence electrons. The van der Waals surface area contributed by atoms with E-state index >= 15 is 0 Å². The molecule has 1 aromatic heterocycles. The van der Waals surface area contributed by atoms with Crippen LogP contribution in [0.1, 0.15) is 35.8 Å². The molecule has 0 aromatic carbocycles. The maximum atomic E-state index is 10.6. The van der Waals surface area contributed by atoms with Crippen LogP contribution >= 0.6 is 27.3 Å². The van der Waals surface area contributed by atoms with Crippen molar-refractivity contribution in [3.63, 3.8) is 0 Å². The number of ether oxygens (including phenoxy) is 2. The van der Waals surface area contributed by atoms with Gasteiger partial charge in [0.05, 0.1) is 22.1 Å². The van der Waals surface area contributed by atoms with Gasteiger partial charge in [-0.25, -0.2) is 0 Å². The zero-order chi connectivity index (χ0) is 13.5. The van der Waals surface area contributed by atoms with Gasteiger partial charge in [-0.3, -0.25) is 0 Å². The summed E-state index contributed by atoms with van der Waals surface area (Å²) in [5.41, 5.74) is 1.07. The summed E-state index contributed by atoms with van der Waals surface area (Å²) in [5.74, 6) is 0.278. The number of aliphatic hydroxyl groups is 1. The Morgan fingerprint density at radius 2 is 2.37 bits per heavy atom. The number of aliphatic hydroxyl groups excluding tert-OH is 1. The van der Waals surface area contributed by atoms with Crippen molar-refractivity contribution < 1.29 is 14.6 Å². The molecule has 3 heterocycles. The molecule has 2 fully saturated rings. The summed E-state index contributed by atoms with van der Waals surface area (Å²) in [6, 6.07) is 2.09. The van der Waals surface area contributed by atoms with E-state index < -0.39 is 0 Å². The van der Waals surface area contributed by atoms with Crippen molar-refractivity contribution in [3.05, 3.63) is 20.3 Å². The van der Waals surface area contributed by atoms with E-state index in [1.54, 1.807) is 11.3 Å². The van der Waals surface area contributed by atoms with Gasteiger partial charge >= 0.3 is 0 Å². The Morgan fingerprint density at radius 1 is 1.53 bits per heavy atom. The molecule has 5 heteroatoms. The van der Waals surface area contributed by atoms with Crippen LogP contribution in [0.3, 0.4) is 0 Å². The Hall–Kier alpha value is 0.0600. The number of hydrogen-bond acceptors (Lipinski definition) is 4. The summed E-state index contributed by atoms with van der Waals surface area (Å²) in [5, 5.41) is 10.6. The molecule has 0 amide bonds. The summed E-state index contributed by atoms with van der Waals surface area (Å²) in [7, 11) is 0. The normalized spacial score (nSPS) is 32.9. The first-order chi connectivity index (χ1) is 9.10. The number of halogens is 1. The fraction of sp³-hybridized carbons (Fsp3) is 0.714. The highest BCUT2D eigenvalue weighted by molar-refractivity contribution is 9.11. The summed E-state index contributed by atoms with van der Waals surface area (Å²) in [6.45, 7) is 4.26. The zero-order valence-corrected chi connectivity index (χ0v) is 13.4. The fourth-order valence-electron chi connectivity index (χ4n) is 3.06. The number of rotatable bonds is 2. The van der Waals surface area contributed by atoms with Crippen LogP contribution in [0.15, 0.2) is 9.85 Å². The highest BCUT2D eigenvalue weighted by atomic mass is 79.9. The maximum Gasteiger partial charge on any atom is 0.0940 e. The maximum absolute atomic E-state index is 10.6. The van der Waals surface area contributed by atoms with Crippen molar-refractivity contribution in [2.24, 2.45) is 5.92 Å². The van der Waals surface area contributed by atoms with Gasteiger partial charge in [0.1, 0.15) is 0 Å². The molecular formula is C14H19BrO3S. The molecule has 3 rings (SSSR count). The highest BCUT2D eigenvalue weighted by Crippen LogP contribution is 2.43. The molecule has 0 aliphatic carbocycles. The van der Waals surface area contributed by atoms with Crippen molar-refractivity contribution in [2.75, 3.05) is 19.8 Å². The second-order valence-electron chi connectivity index (χ2n) is 5.64. The van der Waals surface area contributed by atoms with Gasteiger partial charge in [-0.2, -0.15) is 0 Å². The SMILES string of the molecule is Cc1cc(C(O)C2CCOC3(CCOC3)C2)sc1Br. The molecule has 1 aromatic rings. The van der Waals surface area contributed by atoms with E-state index in [1.807, 2.05) is 0 Å².